The second-order valence-corrected chi connectivity index (χ2v) is 7.17. The van der Waals surface area contributed by atoms with E-state index in [9.17, 15) is 14.7 Å². The lowest BCUT2D eigenvalue weighted by molar-refractivity contribution is -0.116. The second-order valence-electron chi connectivity index (χ2n) is 7.17. The Morgan fingerprint density at radius 3 is 2.44 bits per heavy atom. The van der Waals surface area contributed by atoms with Crippen molar-refractivity contribution in [2.75, 3.05) is 19.5 Å². The molecule has 0 saturated heterocycles. The van der Waals surface area contributed by atoms with Crippen molar-refractivity contribution in [1.29, 1.82) is 0 Å². The van der Waals surface area contributed by atoms with Crippen LogP contribution in [0.15, 0.2) is 59.5 Å². The van der Waals surface area contributed by atoms with E-state index >= 15 is 0 Å². The molecule has 0 fully saturated rings. The maximum Gasteiger partial charge on any atom is 0.244 e. The minimum absolute atomic E-state index is 0.0922. The van der Waals surface area contributed by atoms with E-state index in [0.717, 1.165) is 11.1 Å². The number of nitrogens with zero attached hydrogens (tertiary/aromatic N) is 1. The van der Waals surface area contributed by atoms with Gasteiger partial charge in [0.15, 0.2) is 5.75 Å². The fourth-order valence-electron chi connectivity index (χ4n) is 3.09. The number of aliphatic hydroxyl groups excluding tert-OH is 1. The lowest BCUT2D eigenvalue weighted by Crippen LogP contribution is -2.23. The van der Waals surface area contributed by atoms with E-state index in [1.165, 1.54) is 31.0 Å². The summed E-state index contributed by atoms with van der Waals surface area (Å²) in [4.78, 5) is 25.1. The van der Waals surface area contributed by atoms with Crippen molar-refractivity contribution < 1.29 is 24.1 Å². The molecule has 0 unspecified atom stereocenters. The highest BCUT2D eigenvalue weighted by Gasteiger charge is 2.13. The molecule has 0 bridgehead atoms. The molecule has 2 aromatic carbocycles. The Labute approximate surface area is 186 Å². The number of aryl methyl sites for hydroxylation is 1. The smallest absolute Gasteiger partial charge is 0.244 e. The number of amides is 1. The van der Waals surface area contributed by atoms with Crippen LogP contribution in [-0.2, 0) is 24.6 Å². The lowest BCUT2D eigenvalue weighted by atomic mass is 10.2. The molecule has 0 aliphatic rings. The highest BCUT2D eigenvalue weighted by atomic mass is 16.5. The van der Waals surface area contributed by atoms with Crippen molar-refractivity contribution in [1.82, 2.24) is 4.57 Å². The first-order chi connectivity index (χ1) is 15.4. The molecule has 168 valence electrons. The first-order valence-corrected chi connectivity index (χ1v) is 9.98. The Balaban J connectivity index is 1.77. The van der Waals surface area contributed by atoms with Crippen molar-refractivity contribution in [2.24, 2.45) is 0 Å². The van der Waals surface area contributed by atoms with Crippen molar-refractivity contribution >= 4 is 11.6 Å². The van der Waals surface area contributed by atoms with E-state index in [4.69, 9.17) is 14.2 Å². The van der Waals surface area contributed by atoms with Gasteiger partial charge in [0.25, 0.3) is 0 Å². The van der Waals surface area contributed by atoms with Crippen LogP contribution in [0.3, 0.4) is 0 Å². The summed E-state index contributed by atoms with van der Waals surface area (Å²) in [7, 11) is 3.03. The molecule has 8 nitrogen and oxygen atoms in total. The molecule has 0 saturated carbocycles. The van der Waals surface area contributed by atoms with Crippen LogP contribution < -0.4 is 25.0 Å². The van der Waals surface area contributed by atoms with Crippen LogP contribution in [-0.4, -0.2) is 29.8 Å². The Morgan fingerprint density at radius 1 is 1.03 bits per heavy atom. The minimum atomic E-state index is -0.400. The molecule has 3 rings (SSSR count). The number of aliphatic hydroxyl groups is 1. The average Bonchev–Trinajstić information content (AvgIpc) is 2.80. The predicted molar refractivity (Wildman–Crippen MR) is 120 cm³/mol. The topological polar surface area (TPSA) is 99.0 Å². The third-order valence-electron chi connectivity index (χ3n) is 4.85. The number of carbonyl (C=O) groups excluding carboxylic acids is 1. The fraction of sp³-hybridized carbons (Fsp3) is 0.250. The van der Waals surface area contributed by atoms with Crippen LogP contribution in [0.2, 0.25) is 0 Å². The number of anilines is 1. The largest absolute Gasteiger partial charge is 0.497 e. The highest BCUT2D eigenvalue weighted by Crippen LogP contribution is 2.28. The van der Waals surface area contributed by atoms with Crippen molar-refractivity contribution in [3.8, 4) is 17.2 Å². The fourth-order valence-corrected chi connectivity index (χ4v) is 3.09. The summed E-state index contributed by atoms with van der Waals surface area (Å²) in [5, 5.41) is 12.4. The minimum Gasteiger partial charge on any atom is -0.497 e. The molecular formula is C24H26N2O6. The number of rotatable bonds is 9. The van der Waals surface area contributed by atoms with E-state index < -0.39 is 6.61 Å². The Kier molecular flexibility index (Phi) is 7.51. The zero-order valence-electron chi connectivity index (χ0n) is 18.3. The normalized spacial score (nSPS) is 10.5. The van der Waals surface area contributed by atoms with Gasteiger partial charge in [0, 0.05) is 17.8 Å². The molecule has 0 aliphatic heterocycles. The monoisotopic (exact) mass is 438 g/mol. The molecule has 8 heteroatoms. The van der Waals surface area contributed by atoms with Gasteiger partial charge in [0.1, 0.15) is 24.7 Å². The summed E-state index contributed by atoms with van der Waals surface area (Å²) in [5.74, 6) is 0.754. The lowest BCUT2D eigenvalue weighted by Gasteiger charge is -2.16. The summed E-state index contributed by atoms with van der Waals surface area (Å²) in [5.41, 5.74) is 2.41. The third kappa shape index (κ3) is 5.67. The third-order valence-corrected chi connectivity index (χ3v) is 4.85. The maximum absolute atomic E-state index is 12.7. The van der Waals surface area contributed by atoms with E-state index in [1.807, 2.05) is 31.2 Å². The number of aromatic nitrogens is 1. The van der Waals surface area contributed by atoms with E-state index in [-0.39, 0.29) is 30.2 Å². The van der Waals surface area contributed by atoms with Gasteiger partial charge in [-0.15, -0.1) is 0 Å². The summed E-state index contributed by atoms with van der Waals surface area (Å²) in [6.45, 7) is 1.66. The van der Waals surface area contributed by atoms with Gasteiger partial charge in [0.2, 0.25) is 11.3 Å². The number of hydrogen-bond acceptors (Lipinski definition) is 6. The van der Waals surface area contributed by atoms with Crippen LogP contribution in [0.25, 0.3) is 0 Å². The van der Waals surface area contributed by atoms with Gasteiger partial charge in [-0.25, -0.2) is 0 Å². The number of carbonyl (C=O) groups is 1. The Hall–Kier alpha value is -3.78. The van der Waals surface area contributed by atoms with Crippen LogP contribution in [0.1, 0.15) is 16.8 Å². The van der Waals surface area contributed by atoms with Crippen LogP contribution in [0, 0.1) is 6.92 Å². The number of pyridine rings is 1. The first kappa shape index (κ1) is 22.9. The zero-order chi connectivity index (χ0) is 23.1. The second kappa shape index (κ2) is 10.5. The van der Waals surface area contributed by atoms with Gasteiger partial charge in [-0.2, -0.15) is 0 Å². The molecule has 0 atom stereocenters. The predicted octanol–water partition coefficient (Wildman–Crippen LogP) is 2.88. The van der Waals surface area contributed by atoms with Crippen molar-refractivity contribution in [3.63, 3.8) is 0 Å². The molecule has 1 aromatic heterocycles. The van der Waals surface area contributed by atoms with Crippen molar-refractivity contribution in [2.45, 2.75) is 26.7 Å². The quantitative estimate of drug-likeness (QED) is 0.533. The SMILES string of the molecule is COc1ccc(OC)c(NC(=O)Cn2cc(OCc3ccc(C)cc3)c(=O)cc2CO)c1. The van der Waals surface area contributed by atoms with Crippen LogP contribution in [0.5, 0.6) is 17.2 Å². The zero-order valence-corrected chi connectivity index (χ0v) is 18.3. The molecule has 0 radical (unpaired) electrons. The summed E-state index contributed by atoms with van der Waals surface area (Å²) in [6.07, 6.45) is 1.43. The van der Waals surface area contributed by atoms with Gasteiger partial charge in [0.05, 0.1) is 32.7 Å². The average molecular weight is 438 g/mol. The van der Waals surface area contributed by atoms with E-state index in [1.54, 1.807) is 18.2 Å². The molecule has 32 heavy (non-hydrogen) atoms. The number of hydrogen-bond donors (Lipinski definition) is 2. The summed E-state index contributed by atoms with van der Waals surface area (Å²) in [6, 6.07) is 14.1. The first-order valence-electron chi connectivity index (χ1n) is 9.98. The maximum atomic E-state index is 12.7. The number of benzene rings is 2. The number of nitrogens with one attached hydrogen (secondary N) is 1. The summed E-state index contributed by atoms with van der Waals surface area (Å²) < 4.78 is 17.6. The van der Waals surface area contributed by atoms with Gasteiger partial charge in [-0.05, 0) is 24.6 Å². The van der Waals surface area contributed by atoms with Gasteiger partial charge in [-0.1, -0.05) is 29.8 Å². The molecule has 1 heterocycles. The standard InChI is InChI=1S/C24H26N2O6/c1-16-4-6-17(7-5-16)15-32-23-12-26(18(14-27)10-21(23)28)13-24(29)25-20-11-19(30-2)8-9-22(20)31-3/h4-12,27H,13-15H2,1-3H3,(H,25,29). The molecule has 0 spiro atoms. The molecule has 3 aromatic rings. The van der Waals surface area contributed by atoms with E-state index in [0.29, 0.717) is 22.9 Å². The number of methoxy groups -OCH3 is 2. The molecule has 2 N–H and O–H groups in total. The highest BCUT2D eigenvalue weighted by molar-refractivity contribution is 5.92. The van der Waals surface area contributed by atoms with Gasteiger partial charge in [-0.3, -0.25) is 9.59 Å². The Bertz CT molecular complexity index is 1140. The summed E-state index contributed by atoms with van der Waals surface area (Å²) >= 11 is 0. The van der Waals surface area contributed by atoms with Gasteiger partial charge >= 0.3 is 0 Å². The van der Waals surface area contributed by atoms with Crippen molar-refractivity contribution in [3.05, 3.63) is 81.8 Å². The van der Waals surface area contributed by atoms with Crippen LogP contribution in [0.4, 0.5) is 5.69 Å². The Morgan fingerprint density at radius 2 is 1.78 bits per heavy atom. The molecule has 0 aliphatic carbocycles. The van der Waals surface area contributed by atoms with E-state index in [2.05, 4.69) is 5.32 Å². The van der Waals surface area contributed by atoms with Gasteiger partial charge < -0.3 is 29.2 Å². The number of ether oxygens (including phenoxy) is 3. The van der Waals surface area contributed by atoms with Crippen LogP contribution >= 0.6 is 0 Å². The molecular weight excluding hydrogens is 412 g/mol. The molecule has 1 amide bonds.